The zero-order chi connectivity index (χ0) is 16.4. The van der Waals surface area contributed by atoms with E-state index in [1.165, 1.54) is 16.2 Å². The number of fused-ring (bicyclic) bond motifs is 1. The van der Waals surface area contributed by atoms with Gasteiger partial charge in [-0.05, 0) is 19.1 Å². The van der Waals surface area contributed by atoms with Gasteiger partial charge in [0.1, 0.15) is 0 Å². The SMILES string of the molecule is CCn1c(C(F)(F)F)[n+](C)c2ccccc21.CS(=O)(=O)[O-]. The molecule has 0 aliphatic heterocycles. The van der Waals surface area contributed by atoms with E-state index in [9.17, 15) is 13.2 Å². The molecule has 0 saturated heterocycles. The summed E-state index contributed by atoms with van der Waals surface area (Å²) >= 11 is 0. The first-order chi connectivity index (χ1) is 9.46. The Balaban J connectivity index is 0.000000383. The quantitative estimate of drug-likeness (QED) is 0.592. The van der Waals surface area contributed by atoms with Gasteiger partial charge in [-0.25, -0.2) is 17.6 Å². The monoisotopic (exact) mass is 324 g/mol. The second kappa shape index (κ2) is 6.02. The fourth-order valence-electron chi connectivity index (χ4n) is 2.05. The van der Waals surface area contributed by atoms with Gasteiger partial charge >= 0.3 is 12.0 Å². The summed E-state index contributed by atoms with van der Waals surface area (Å²) in [5.41, 5.74) is 1.21. The lowest BCUT2D eigenvalue weighted by Crippen LogP contribution is -2.38. The highest BCUT2D eigenvalue weighted by Crippen LogP contribution is 2.29. The van der Waals surface area contributed by atoms with Crippen LogP contribution in [0.15, 0.2) is 24.3 Å². The number of aromatic nitrogens is 2. The Labute approximate surface area is 120 Å². The molecule has 0 bridgehead atoms. The van der Waals surface area contributed by atoms with Gasteiger partial charge < -0.3 is 4.55 Å². The van der Waals surface area contributed by atoms with Crippen molar-refractivity contribution in [3.8, 4) is 0 Å². The van der Waals surface area contributed by atoms with Gasteiger partial charge in [0.25, 0.3) is 0 Å². The molecule has 0 atom stereocenters. The van der Waals surface area contributed by atoms with Crippen LogP contribution in [0.5, 0.6) is 0 Å². The maximum absolute atomic E-state index is 12.9. The van der Waals surface area contributed by atoms with Gasteiger partial charge in [0.05, 0.1) is 23.7 Å². The molecule has 9 heteroatoms. The highest BCUT2D eigenvalue weighted by Gasteiger charge is 2.45. The largest absolute Gasteiger partial charge is 0.748 e. The normalized spacial score (nSPS) is 12.1. The number of imidazole rings is 1. The van der Waals surface area contributed by atoms with E-state index in [1.54, 1.807) is 31.2 Å². The van der Waals surface area contributed by atoms with E-state index >= 15 is 0 Å². The van der Waals surface area contributed by atoms with E-state index in [2.05, 4.69) is 0 Å². The zero-order valence-corrected chi connectivity index (χ0v) is 12.5. The Morgan fingerprint density at radius 2 is 1.76 bits per heavy atom. The molecule has 0 aliphatic rings. The van der Waals surface area contributed by atoms with Crippen molar-refractivity contribution in [3.63, 3.8) is 0 Å². The molecule has 2 aromatic rings. The Hall–Kier alpha value is -1.61. The molecule has 1 aromatic heterocycles. The lowest BCUT2D eigenvalue weighted by atomic mass is 10.3. The molecule has 1 heterocycles. The van der Waals surface area contributed by atoms with Crippen molar-refractivity contribution >= 4 is 21.2 Å². The summed E-state index contributed by atoms with van der Waals surface area (Å²) in [5, 5.41) is 0. The summed E-state index contributed by atoms with van der Waals surface area (Å²) in [6.07, 6.45) is -3.73. The highest BCUT2D eigenvalue weighted by atomic mass is 32.2. The third kappa shape index (κ3) is 4.43. The highest BCUT2D eigenvalue weighted by molar-refractivity contribution is 7.84. The average Bonchev–Trinajstić information content (AvgIpc) is 2.60. The van der Waals surface area contributed by atoms with Crippen molar-refractivity contribution in [2.45, 2.75) is 19.6 Å². The first-order valence-electron chi connectivity index (χ1n) is 5.92. The van der Waals surface area contributed by atoms with Crippen molar-refractivity contribution < 1.29 is 30.7 Å². The summed E-state index contributed by atoms with van der Waals surface area (Å²) in [5.74, 6) is -0.615. The van der Waals surface area contributed by atoms with Crippen LogP contribution < -0.4 is 4.57 Å². The smallest absolute Gasteiger partial charge is 0.495 e. The Kier molecular flexibility index (Phi) is 5.00. The molecular weight excluding hydrogens is 309 g/mol. The molecule has 0 aliphatic carbocycles. The minimum Gasteiger partial charge on any atom is -0.748 e. The number of halogens is 3. The molecule has 1 aromatic carbocycles. The predicted molar refractivity (Wildman–Crippen MR) is 69.4 cm³/mol. The average molecular weight is 324 g/mol. The van der Waals surface area contributed by atoms with Crippen molar-refractivity contribution in [1.29, 1.82) is 0 Å². The van der Waals surface area contributed by atoms with Crippen LogP contribution in [0, 0.1) is 0 Å². The molecule has 0 unspecified atom stereocenters. The van der Waals surface area contributed by atoms with Gasteiger partial charge in [-0.15, -0.1) is 0 Å². The van der Waals surface area contributed by atoms with E-state index in [4.69, 9.17) is 13.0 Å². The van der Waals surface area contributed by atoms with Crippen LogP contribution in [-0.4, -0.2) is 23.8 Å². The number of para-hydroxylation sites is 2. The van der Waals surface area contributed by atoms with Crippen LogP contribution in [0.1, 0.15) is 12.7 Å². The molecule has 0 N–H and O–H groups in total. The lowest BCUT2D eigenvalue weighted by Gasteiger charge is -2.03. The van der Waals surface area contributed by atoms with Crippen LogP contribution in [-0.2, 0) is 29.9 Å². The number of hydrogen-bond acceptors (Lipinski definition) is 3. The Morgan fingerprint density at radius 3 is 2.19 bits per heavy atom. The van der Waals surface area contributed by atoms with Crippen molar-refractivity contribution in [3.05, 3.63) is 30.1 Å². The molecule has 0 amide bonds. The molecule has 0 fully saturated rings. The predicted octanol–water partition coefficient (Wildman–Crippen LogP) is 1.67. The molecule has 21 heavy (non-hydrogen) atoms. The van der Waals surface area contributed by atoms with Gasteiger partial charge in [0.15, 0.2) is 11.0 Å². The maximum Gasteiger partial charge on any atom is 0.495 e. The Morgan fingerprint density at radius 1 is 1.29 bits per heavy atom. The fraction of sp³-hybridized carbons (Fsp3) is 0.417. The third-order valence-electron chi connectivity index (χ3n) is 2.68. The summed E-state index contributed by atoms with van der Waals surface area (Å²) in [6.45, 7) is 2.01. The molecular formula is C12H15F3N2O3S. The van der Waals surface area contributed by atoms with Crippen molar-refractivity contribution in [1.82, 2.24) is 4.57 Å². The van der Waals surface area contributed by atoms with Crippen LogP contribution in [0.3, 0.4) is 0 Å². The second-order valence-electron chi connectivity index (χ2n) is 4.32. The second-order valence-corrected chi connectivity index (χ2v) is 5.73. The van der Waals surface area contributed by atoms with Gasteiger partial charge in [-0.2, -0.15) is 13.2 Å². The number of aryl methyl sites for hydroxylation is 2. The van der Waals surface area contributed by atoms with Gasteiger partial charge in [-0.1, -0.05) is 12.1 Å². The van der Waals surface area contributed by atoms with E-state index in [1.807, 2.05) is 0 Å². The molecule has 5 nitrogen and oxygen atoms in total. The topological polar surface area (TPSA) is 66.0 Å². The first-order valence-corrected chi connectivity index (χ1v) is 7.73. The van der Waals surface area contributed by atoms with Crippen molar-refractivity contribution in [2.24, 2.45) is 7.05 Å². The zero-order valence-electron chi connectivity index (χ0n) is 11.7. The summed E-state index contributed by atoms with van der Waals surface area (Å²) < 4.78 is 68.4. The number of rotatable bonds is 1. The van der Waals surface area contributed by atoms with Crippen molar-refractivity contribution in [2.75, 3.05) is 6.26 Å². The maximum atomic E-state index is 12.9. The van der Waals surface area contributed by atoms with Crippen LogP contribution in [0.4, 0.5) is 13.2 Å². The van der Waals surface area contributed by atoms with Gasteiger partial charge in [0, 0.05) is 6.26 Å². The molecule has 0 saturated carbocycles. The standard InChI is InChI=1S/C11H12F3N2.CH4O3S/c1-3-16-9-7-5-4-6-8(9)15(2)10(16)11(12,13)14;1-5(2,3)4/h4-7H,3H2,1-2H3;1H3,(H,2,3,4)/q+1;/p-1. The van der Waals surface area contributed by atoms with Crippen LogP contribution >= 0.6 is 0 Å². The molecule has 0 radical (unpaired) electrons. The third-order valence-corrected chi connectivity index (χ3v) is 2.68. The van der Waals surface area contributed by atoms with E-state index in [0.717, 1.165) is 0 Å². The van der Waals surface area contributed by atoms with Crippen LogP contribution in [0.25, 0.3) is 11.0 Å². The number of hydrogen-bond donors (Lipinski definition) is 0. The van der Waals surface area contributed by atoms with Gasteiger partial charge in [-0.3, -0.25) is 0 Å². The lowest BCUT2D eigenvalue weighted by molar-refractivity contribution is -0.667. The number of benzene rings is 1. The first kappa shape index (κ1) is 17.4. The summed E-state index contributed by atoms with van der Waals surface area (Å²) in [6, 6.07) is 6.88. The number of nitrogens with zero attached hydrogens (tertiary/aromatic N) is 2. The number of alkyl halides is 3. The van der Waals surface area contributed by atoms with E-state index < -0.39 is 22.1 Å². The minimum atomic E-state index is -4.33. The summed E-state index contributed by atoms with van der Waals surface area (Å²) in [7, 11) is -2.47. The Bertz CT molecular complexity index is 728. The van der Waals surface area contributed by atoms with E-state index in [-0.39, 0.29) is 0 Å². The summed E-state index contributed by atoms with van der Waals surface area (Å²) in [4.78, 5) is 0. The fourth-order valence-corrected chi connectivity index (χ4v) is 2.05. The van der Waals surface area contributed by atoms with E-state index in [0.29, 0.717) is 23.8 Å². The molecule has 0 spiro atoms. The molecule has 118 valence electrons. The minimum absolute atomic E-state index is 0.302. The molecule has 2 rings (SSSR count). The van der Waals surface area contributed by atoms with Gasteiger partial charge in [0.2, 0.25) is 0 Å². The van der Waals surface area contributed by atoms with Crippen LogP contribution in [0.2, 0.25) is 0 Å².